The predicted octanol–water partition coefficient (Wildman–Crippen LogP) is 2.42. The summed E-state index contributed by atoms with van der Waals surface area (Å²) in [5, 5.41) is 0. The fourth-order valence-electron chi connectivity index (χ4n) is 2.03. The van der Waals surface area contributed by atoms with Gasteiger partial charge in [-0.05, 0) is 31.6 Å². The molecule has 1 saturated carbocycles. The molecule has 0 bridgehead atoms. The molecular formula is C10H16O. The Morgan fingerprint density at radius 2 is 2.18 bits per heavy atom. The number of carbonyl (C=O) groups excluding carboxylic acids is 1. The van der Waals surface area contributed by atoms with E-state index in [1.807, 2.05) is 6.92 Å². The molecule has 3 atom stereocenters. The van der Waals surface area contributed by atoms with Crippen LogP contribution in [0.1, 0.15) is 26.7 Å². The summed E-state index contributed by atoms with van der Waals surface area (Å²) in [5.41, 5.74) is 1.17. The molecule has 0 unspecified atom stereocenters. The summed E-state index contributed by atoms with van der Waals surface area (Å²) in [5.74, 6) is 1.27. The normalized spacial score (nSPS) is 37.1. The van der Waals surface area contributed by atoms with Gasteiger partial charge in [-0.2, -0.15) is 0 Å². The average Bonchev–Trinajstić information content (AvgIpc) is 2.30. The quantitative estimate of drug-likeness (QED) is 0.438. The highest BCUT2D eigenvalue weighted by molar-refractivity contribution is 5.56. The molecule has 11 heavy (non-hydrogen) atoms. The van der Waals surface area contributed by atoms with Crippen molar-refractivity contribution in [3.8, 4) is 0 Å². The molecule has 0 aromatic heterocycles. The van der Waals surface area contributed by atoms with Crippen LogP contribution in [0.3, 0.4) is 0 Å². The lowest BCUT2D eigenvalue weighted by Gasteiger charge is -2.16. The van der Waals surface area contributed by atoms with Crippen LogP contribution < -0.4 is 0 Å². The number of allylic oxidation sites excluding steroid dienone is 1. The maximum absolute atomic E-state index is 10.7. The van der Waals surface area contributed by atoms with Gasteiger partial charge in [-0.15, -0.1) is 0 Å². The van der Waals surface area contributed by atoms with E-state index in [1.54, 1.807) is 0 Å². The molecule has 0 aromatic rings. The van der Waals surface area contributed by atoms with Gasteiger partial charge in [0.1, 0.15) is 6.29 Å². The summed E-state index contributed by atoms with van der Waals surface area (Å²) >= 11 is 0. The Bertz CT molecular complexity index is 172. The summed E-state index contributed by atoms with van der Waals surface area (Å²) in [7, 11) is 0. The van der Waals surface area contributed by atoms with Crippen molar-refractivity contribution >= 4 is 6.29 Å². The molecule has 0 spiro atoms. The standard InChI is InChI=1S/C10H16O/c1-7(2)9-5-4-8(3)10(9)6-11/h6,8-10H,1,4-5H2,2-3H3/t8-,9-,10-/m0/s1. The average molecular weight is 152 g/mol. The van der Waals surface area contributed by atoms with Crippen LogP contribution in [0.4, 0.5) is 0 Å². The number of hydrogen-bond acceptors (Lipinski definition) is 1. The summed E-state index contributed by atoms with van der Waals surface area (Å²) in [6, 6.07) is 0. The second-order valence-electron chi connectivity index (χ2n) is 3.72. The SMILES string of the molecule is C=C(C)[C@@H]1CC[C@H](C)[C@@H]1C=O. The number of carbonyl (C=O) groups is 1. The molecule has 0 amide bonds. The van der Waals surface area contributed by atoms with E-state index in [0.717, 1.165) is 12.7 Å². The molecule has 0 saturated heterocycles. The lowest BCUT2D eigenvalue weighted by atomic mass is 9.88. The maximum atomic E-state index is 10.7. The molecule has 1 nitrogen and oxygen atoms in total. The van der Waals surface area contributed by atoms with Gasteiger partial charge >= 0.3 is 0 Å². The zero-order valence-electron chi connectivity index (χ0n) is 7.34. The fourth-order valence-corrected chi connectivity index (χ4v) is 2.03. The first-order chi connectivity index (χ1) is 5.16. The van der Waals surface area contributed by atoms with Crippen molar-refractivity contribution in [3.63, 3.8) is 0 Å². The van der Waals surface area contributed by atoms with Crippen LogP contribution in [-0.4, -0.2) is 6.29 Å². The lowest BCUT2D eigenvalue weighted by molar-refractivity contribution is -0.112. The Kier molecular flexibility index (Phi) is 2.48. The molecule has 0 aliphatic heterocycles. The lowest BCUT2D eigenvalue weighted by Crippen LogP contribution is -2.14. The van der Waals surface area contributed by atoms with Crippen LogP contribution in [0.25, 0.3) is 0 Å². The first-order valence-corrected chi connectivity index (χ1v) is 4.27. The van der Waals surface area contributed by atoms with Gasteiger partial charge in [0.2, 0.25) is 0 Å². The van der Waals surface area contributed by atoms with E-state index in [0.29, 0.717) is 11.8 Å². The van der Waals surface area contributed by atoms with Crippen LogP contribution in [0, 0.1) is 17.8 Å². The van der Waals surface area contributed by atoms with Gasteiger partial charge < -0.3 is 4.79 Å². The predicted molar refractivity (Wildman–Crippen MR) is 46.3 cm³/mol. The van der Waals surface area contributed by atoms with Gasteiger partial charge in [-0.3, -0.25) is 0 Å². The van der Waals surface area contributed by atoms with Gasteiger partial charge in [0.15, 0.2) is 0 Å². The van der Waals surface area contributed by atoms with E-state index in [4.69, 9.17) is 0 Å². The van der Waals surface area contributed by atoms with Crippen LogP contribution in [0.5, 0.6) is 0 Å². The van der Waals surface area contributed by atoms with Gasteiger partial charge in [-0.1, -0.05) is 19.1 Å². The highest BCUT2D eigenvalue weighted by Crippen LogP contribution is 2.38. The third-order valence-corrected chi connectivity index (χ3v) is 2.84. The number of rotatable bonds is 2. The fraction of sp³-hybridized carbons (Fsp3) is 0.700. The highest BCUT2D eigenvalue weighted by atomic mass is 16.1. The molecule has 1 fully saturated rings. The van der Waals surface area contributed by atoms with Gasteiger partial charge in [0.05, 0.1) is 0 Å². The second-order valence-corrected chi connectivity index (χ2v) is 3.72. The molecule has 1 aliphatic rings. The van der Waals surface area contributed by atoms with Crippen LogP contribution >= 0.6 is 0 Å². The Balaban J connectivity index is 2.68. The van der Waals surface area contributed by atoms with Crippen molar-refractivity contribution < 1.29 is 4.79 Å². The molecule has 1 rings (SSSR count). The molecule has 0 N–H and O–H groups in total. The van der Waals surface area contributed by atoms with Crippen molar-refractivity contribution in [2.24, 2.45) is 17.8 Å². The Morgan fingerprint density at radius 3 is 2.55 bits per heavy atom. The van der Waals surface area contributed by atoms with E-state index in [2.05, 4.69) is 13.5 Å². The number of hydrogen-bond donors (Lipinski definition) is 0. The van der Waals surface area contributed by atoms with Crippen LogP contribution in [0.15, 0.2) is 12.2 Å². The molecule has 1 aliphatic carbocycles. The first kappa shape index (κ1) is 8.51. The largest absolute Gasteiger partial charge is 0.303 e. The minimum Gasteiger partial charge on any atom is -0.303 e. The Morgan fingerprint density at radius 1 is 1.55 bits per heavy atom. The van der Waals surface area contributed by atoms with Crippen LogP contribution in [-0.2, 0) is 4.79 Å². The maximum Gasteiger partial charge on any atom is 0.123 e. The smallest absolute Gasteiger partial charge is 0.123 e. The molecule has 0 aromatic carbocycles. The zero-order valence-corrected chi connectivity index (χ0v) is 7.34. The van der Waals surface area contributed by atoms with Crippen molar-refractivity contribution in [1.29, 1.82) is 0 Å². The molecule has 1 heteroatoms. The topological polar surface area (TPSA) is 17.1 Å². The van der Waals surface area contributed by atoms with Crippen molar-refractivity contribution in [2.45, 2.75) is 26.7 Å². The van der Waals surface area contributed by atoms with E-state index < -0.39 is 0 Å². The molecular weight excluding hydrogens is 136 g/mol. The summed E-state index contributed by atoms with van der Waals surface area (Å²) < 4.78 is 0. The van der Waals surface area contributed by atoms with Crippen molar-refractivity contribution in [1.82, 2.24) is 0 Å². The summed E-state index contributed by atoms with van der Waals surface area (Å²) in [6.07, 6.45) is 3.44. The van der Waals surface area contributed by atoms with E-state index >= 15 is 0 Å². The molecule has 62 valence electrons. The zero-order chi connectivity index (χ0) is 8.43. The van der Waals surface area contributed by atoms with Gasteiger partial charge in [0.25, 0.3) is 0 Å². The highest BCUT2D eigenvalue weighted by Gasteiger charge is 2.32. The van der Waals surface area contributed by atoms with Gasteiger partial charge in [0, 0.05) is 5.92 Å². The monoisotopic (exact) mass is 152 g/mol. The third-order valence-electron chi connectivity index (χ3n) is 2.84. The van der Waals surface area contributed by atoms with E-state index in [1.165, 1.54) is 12.0 Å². The Hall–Kier alpha value is -0.590. The summed E-state index contributed by atoms with van der Waals surface area (Å²) in [6.45, 7) is 8.09. The molecule has 0 heterocycles. The van der Waals surface area contributed by atoms with E-state index in [9.17, 15) is 4.79 Å². The van der Waals surface area contributed by atoms with Crippen molar-refractivity contribution in [2.75, 3.05) is 0 Å². The first-order valence-electron chi connectivity index (χ1n) is 4.27. The number of aldehydes is 1. The third kappa shape index (κ3) is 1.52. The second kappa shape index (κ2) is 3.21. The minimum absolute atomic E-state index is 0.243. The summed E-state index contributed by atoms with van der Waals surface area (Å²) in [4.78, 5) is 10.7. The minimum atomic E-state index is 0.243. The van der Waals surface area contributed by atoms with E-state index in [-0.39, 0.29) is 5.92 Å². The van der Waals surface area contributed by atoms with Crippen LogP contribution in [0.2, 0.25) is 0 Å². The van der Waals surface area contributed by atoms with Gasteiger partial charge in [-0.25, -0.2) is 0 Å². The molecule has 0 radical (unpaired) electrons. The Labute approximate surface area is 68.5 Å². The van der Waals surface area contributed by atoms with Crippen molar-refractivity contribution in [3.05, 3.63) is 12.2 Å².